The minimum Gasteiger partial charge on any atom is -0.338 e. The molecule has 3 rings (SSSR count). The van der Waals surface area contributed by atoms with E-state index in [1.165, 1.54) is 0 Å². The van der Waals surface area contributed by atoms with Crippen LogP contribution in [-0.2, 0) is 5.54 Å². The van der Waals surface area contributed by atoms with Crippen LogP contribution in [-0.4, -0.2) is 5.91 Å². The molecule has 0 fully saturated rings. The van der Waals surface area contributed by atoms with Crippen LogP contribution in [0.2, 0.25) is 0 Å². The Morgan fingerprint density at radius 3 is 2.04 bits per heavy atom. The van der Waals surface area contributed by atoms with Gasteiger partial charge in [-0.3, -0.25) is 4.79 Å². The molecule has 3 aromatic carbocycles. The molecule has 1 amide bonds. The molecule has 0 aromatic heterocycles. The summed E-state index contributed by atoms with van der Waals surface area (Å²) in [7, 11) is 0. The Balaban J connectivity index is 2.13. The third-order valence-corrected chi connectivity index (χ3v) is 4.59. The highest BCUT2D eigenvalue weighted by Crippen LogP contribution is 2.34. The molecule has 1 N–H and O–H groups in total. The number of nitrogens with one attached hydrogen (secondary N) is 1. The highest BCUT2D eigenvalue weighted by atomic mass is 16.1. The predicted octanol–water partition coefficient (Wildman–Crippen LogP) is 4.81. The molecule has 3 heteroatoms. The molecule has 0 aliphatic carbocycles. The molecular formula is C24H20N2O. The molecule has 0 radical (unpaired) electrons. The summed E-state index contributed by atoms with van der Waals surface area (Å²) in [4.78, 5) is 13.0. The molecule has 0 saturated heterocycles. The van der Waals surface area contributed by atoms with Gasteiger partial charge in [0, 0.05) is 5.56 Å². The van der Waals surface area contributed by atoms with E-state index in [2.05, 4.69) is 18.0 Å². The van der Waals surface area contributed by atoms with Crippen molar-refractivity contribution in [3.63, 3.8) is 0 Å². The van der Waals surface area contributed by atoms with Crippen molar-refractivity contribution < 1.29 is 4.79 Å². The largest absolute Gasteiger partial charge is 0.338 e. The normalized spacial score (nSPS) is 12.4. The summed E-state index contributed by atoms with van der Waals surface area (Å²) < 4.78 is 0. The van der Waals surface area contributed by atoms with Crippen LogP contribution in [0, 0.1) is 11.3 Å². The van der Waals surface area contributed by atoms with Crippen molar-refractivity contribution in [3.05, 3.63) is 120 Å². The molecule has 0 aliphatic heterocycles. The minimum atomic E-state index is -0.774. The maximum Gasteiger partial charge on any atom is 0.252 e. The van der Waals surface area contributed by atoms with Crippen LogP contribution in [0.15, 0.2) is 97.6 Å². The van der Waals surface area contributed by atoms with E-state index in [1.54, 1.807) is 30.3 Å². The third-order valence-electron chi connectivity index (χ3n) is 4.59. The second-order valence-corrected chi connectivity index (χ2v) is 6.27. The zero-order valence-electron chi connectivity index (χ0n) is 14.9. The lowest BCUT2D eigenvalue weighted by Crippen LogP contribution is -2.46. The number of hydrogen-bond donors (Lipinski definition) is 1. The molecule has 0 heterocycles. The molecule has 1 atom stereocenters. The van der Waals surface area contributed by atoms with Gasteiger partial charge >= 0.3 is 0 Å². The molecule has 0 spiro atoms. The Morgan fingerprint density at radius 2 is 1.48 bits per heavy atom. The Morgan fingerprint density at radius 1 is 0.926 bits per heavy atom. The Labute approximate surface area is 159 Å². The minimum absolute atomic E-state index is 0.161. The summed E-state index contributed by atoms with van der Waals surface area (Å²) in [6.07, 6.45) is 2.32. The molecule has 1 unspecified atom stereocenters. The van der Waals surface area contributed by atoms with Gasteiger partial charge in [0.1, 0.15) is 0 Å². The fraction of sp³-hybridized carbons (Fsp3) is 0.0833. The number of carbonyl (C=O) groups excluding carboxylic acids is 1. The van der Waals surface area contributed by atoms with Crippen LogP contribution < -0.4 is 5.32 Å². The van der Waals surface area contributed by atoms with Gasteiger partial charge in [0.15, 0.2) is 0 Å². The van der Waals surface area contributed by atoms with Crippen molar-refractivity contribution in [2.24, 2.45) is 0 Å². The highest BCUT2D eigenvalue weighted by molar-refractivity contribution is 5.95. The summed E-state index contributed by atoms with van der Waals surface area (Å²) in [6.45, 7) is 3.91. The summed E-state index contributed by atoms with van der Waals surface area (Å²) in [6, 6.07) is 28.4. The van der Waals surface area contributed by atoms with Crippen molar-refractivity contribution in [2.45, 2.75) is 12.0 Å². The van der Waals surface area contributed by atoms with E-state index in [-0.39, 0.29) is 5.91 Å². The molecule has 0 aliphatic rings. The number of hydrogen-bond acceptors (Lipinski definition) is 2. The standard InChI is InChI=1S/C24H20N2O/c1-2-17-24(21-11-7-4-8-12-21,22-15-13-19(18-25)14-16-22)26-23(27)20-9-5-3-6-10-20/h2-16H,1,17H2,(H,26,27). The first kappa shape index (κ1) is 18.2. The average Bonchev–Trinajstić information content (AvgIpc) is 2.74. The van der Waals surface area contributed by atoms with Gasteiger partial charge < -0.3 is 5.32 Å². The van der Waals surface area contributed by atoms with Gasteiger partial charge in [-0.05, 0) is 41.8 Å². The van der Waals surface area contributed by atoms with E-state index in [4.69, 9.17) is 5.26 Å². The average molecular weight is 352 g/mol. The van der Waals surface area contributed by atoms with Crippen LogP contribution in [0.3, 0.4) is 0 Å². The van der Waals surface area contributed by atoms with Crippen molar-refractivity contribution in [2.75, 3.05) is 0 Å². The van der Waals surface area contributed by atoms with Gasteiger partial charge in [0.2, 0.25) is 0 Å². The number of rotatable bonds is 6. The maximum absolute atomic E-state index is 13.0. The van der Waals surface area contributed by atoms with Gasteiger partial charge in [-0.1, -0.05) is 66.7 Å². The lowest BCUT2D eigenvalue weighted by atomic mass is 9.79. The lowest BCUT2D eigenvalue weighted by molar-refractivity contribution is 0.0913. The number of carbonyl (C=O) groups is 1. The molecular weight excluding hydrogens is 332 g/mol. The fourth-order valence-corrected chi connectivity index (χ4v) is 3.22. The van der Waals surface area contributed by atoms with Crippen molar-refractivity contribution >= 4 is 5.91 Å². The van der Waals surface area contributed by atoms with Crippen LogP contribution in [0.1, 0.15) is 33.5 Å². The second-order valence-electron chi connectivity index (χ2n) is 6.27. The van der Waals surface area contributed by atoms with Crippen molar-refractivity contribution in [3.8, 4) is 6.07 Å². The number of nitriles is 1. The lowest BCUT2D eigenvalue weighted by Gasteiger charge is -2.35. The summed E-state index contributed by atoms with van der Waals surface area (Å²) in [5.41, 5.74) is 2.25. The van der Waals surface area contributed by atoms with Crippen molar-refractivity contribution in [1.82, 2.24) is 5.32 Å². The maximum atomic E-state index is 13.0. The van der Waals surface area contributed by atoms with E-state index < -0.39 is 5.54 Å². The fourth-order valence-electron chi connectivity index (χ4n) is 3.22. The quantitative estimate of drug-likeness (QED) is 0.647. The van der Waals surface area contributed by atoms with E-state index in [9.17, 15) is 4.79 Å². The Hall–Kier alpha value is -3.64. The summed E-state index contributed by atoms with van der Waals surface area (Å²) in [5.74, 6) is -0.161. The number of amides is 1. The van der Waals surface area contributed by atoms with Crippen molar-refractivity contribution in [1.29, 1.82) is 5.26 Å². The first-order valence-corrected chi connectivity index (χ1v) is 8.74. The van der Waals surface area contributed by atoms with Crippen LogP contribution >= 0.6 is 0 Å². The monoisotopic (exact) mass is 352 g/mol. The van der Waals surface area contributed by atoms with Gasteiger partial charge in [0.05, 0.1) is 17.2 Å². The molecule has 132 valence electrons. The molecule has 27 heavy (non-hydrogen) atoms. The van der Waals surface area contributed by atoms with E-state index in [0.29, 0.717) is 17.5 Å². The second kappa shape index (κ2) is 8.16. The van der Waals surface area contributed by atoms with E-state index in [1.807, 2.05) is 60.7 Å². The number of benzene rings is 3. The van der Waals surface area contributed by atoms with E-state index >= 15 is 0 Å². The number of nitrogens with zero attached hydrogens (tertiary/aromatic N) is 1. The first-order valence-electron chi connectivity index (χ1n) is 8.74. The van der Waals surface area contributed by atoms with Gasteiger partial charge in [-0.15, -0.1) is 6.58 Å². The highest BCUT2D eigenvalue weighted by Gasteiger charge is 2.35. The van der Waals surface area contributed by atoms with Gasteiger partial charge in [-0.25, -0.2) is 0 Å². The molecule has 0 bridgehead atoms. The summed E-state index contributed by atoms with van der Waals surface area (Å²) >= 11 is 0. The molecule has 3 aromatic rings. The smallest absolute Gasteiger partial charge is 0.252 e. The first-order chi connectivity index (χ1) is 13.2. The molecule has 0 saturated carbocycles. The van der Waals surface area contributed by atoms with Crippen LogP contribution in [0.25, 0.3) is 0 Å². The zero-order valence-corrected chi connectivity index (χ0v) is 14.9. The Bertz CT molecular complexity index is 957. The predicted molar refractivity (Wildman–Crippen MR) is 107 cm³/mol. The summed E-state index contributed by atoms with van der Waals surface area (Å²) in [5, 5.41) is 12.3. The topological polar surface area (TPSA) is 52.9 Å². The SMILES string of the molecule is C=CCC(NC(=O)c1ccccc1)(c1ccccc1)c1ccc(C#N)cc1. The van der Waals surface area contributed by atoms with Crippen LogP contribution in [0.4, 0.5) is 0 Å². The van der Waals surface area contributed by atoms with Gasteiger partial charge in [-0.2, -0.15) is 5.26 Å². The third kappa shape index (κ3) is 3.80. The van der Waals surface area contributed by atoms with E-state index in [0.717, 1.165) is 11.1 Å². The Kier molecular flexibility index (Phi) is 5.49. The zero-order chi connectivity index (χ0) is 19.1. The van der Waals surface area contributed by atoms with Gasteiger partial charge in [0.25, 0.3) is 5.91 Å². The molecule has 3 nitrogen and oxygen atoms in total. The van der Waals surface area contributed by atoms with Crippen LogP contribution in [0.5, 0.6) is 0 Å².